The van der Waals surface area contributed by atoms with Crippen molar-refractivity contribution < 1.29 is 24.7 Å². The van der Waals surface area contributed by atoms with Gasteiger partial charge in [0.1, 0.15) is 7.14 Å². The molecule has 0 aliphatic heterocycles. The third kappa shape index (κ3) is 6.04. The van der Waals surface area contributed by atoms with Crippen LogP contribution in [0.5, 0.6) is 0 Å². The van der Waals surface area contributed by atoms with Gasteiger partial charge in [-0.2, -0.15) is 30.3 Å². The maximum Gasteiger partial charge on any atom is 0.147 e. The van der Waals surface area contributed by atoms with Gasteiger partial charge in [0.05, 0.1) is 0 Å². The van der Waals surface area contributed by atoms with Crippen molar-refractivity contribution >= 4 is 33.8 Å². The van der Waals surface area contributed by atoms with E-state index in [9.17, 15) is 4.57 Å². The number of aromatic nitrogens is 1. The van der Waals surface area contributed by atoms with Crippen molar-refractivity contribution in [2.24, 2.45) is 0 Å². The second-order valence-electron chi connectivity index (χ2n) is 8.22. The zero-order chi connectivity index (χ0) is 24.6. The fraction of sp³-hybridized carbons (Fsp3) is 0. The molecule has 1 radical (unpaired) electrons. The van der Waals surface area contributed by atoms with E-state index in [1.165, 1.54) is 10.8 Å². The largest absolute Gasteiger partial charge is 0.311 e. The summed E-state index contributed by atoms with van der Waals surface area (Å²) in [5.41, 5.74) is 2.01. The Hall–Kier alpha value is -3.61. The summed E-state index contributed by atoms with van der Waals surface area (Å²) in [4.78, 5) is 4.45. The van der Waals surface area contributed by atoms with Crippen LogP contribution in [0, 0.1) is 12.1 Å². The van der Waals surface area contributed by atoms with E-state index in [0.29, 0.717) is 0 Å². The van der Waals surface area contributed by atoms with Gasteiger partial charge in [0.2, 0.25) is 0 Å². The second-order valence-corrected chi connectivity index (χ2v) is 11.0. The van der Waals surface area contributed by atoms with Crippen LogP contribution < -0.4 is 15.9 Å². The van der Waals surface area contributed by atoms with Crippen LogP contribution in [-0.4, -0.2) is 4.98 Å². The Morgan fingerprint density at radius 1 is 0.568 bits per heavy atom. The molecule has 6 rings (SSSR count). The quantitative estimate of drug-likeness (QED) is 0.152. The molecule has 0 saturated heterocycles. The fourth-order valence-electron chi connectivity index (χ4n) is 4.07. The van der Waals surface area contributed by atoms with Crippen molar-refractivity contribution in [1.29, 1.82) is 0 Å². The van der Waals surface area contributed by atoms with E-state index in [2.05, 4.69) is 35.3 Å². The van der Waals surface area contributed by atoms with Gasteiger partial charge in [-0.1, -0.05) is 96.3 Å². The van der Waals surface area contributed by atoms with E-state index < -0.39 is 7.14 Å². The van der Waals surface area contributed by atoms with Gasteiger partial charge in [-0.15, -0.1) is 35.9 Å². The summed E-state index contributed by atoms with van der Waals surface area (Å²) in [7, 11) is -2.83. The molecule has 0 aliphatic rings. The number of hydrogen-bond acceptors (Lipinski definition) is 2. The molecule has 0 spiro atoms. The number of rotatable bonds is 4. The van der Waals surface area contributed by atoms with Crippen LogP contribution in [0.1, 0.15) is 0 Å². The molecular weight excluding hydrogens is 650 g/mol. The van der Waals surface area contributed by atoms with Gasteiger partial charge in [-0.05, 0) is 16.5 Å². The molecule has 0 atom stereocenters. The SMILES string of the molecule is O=P(c1[c-]cccc1)(c1ccccc1)c1ccccc1.[Ir].[c-]1ccccc1-c1cc2ccccc2cn1. The second kappa shape index (κ2) is 12.6. The Kier molecular flexibility index (Phi) is 8.99. The summed E-state index contributed by atoms with van der Waals surface area (Å²) in [6.07, 6.45) is 1.91. The number of nitrogens with zero attached hydrogens (tertiary/aromatic N) is 1. The van der Waals surface area contributed by atoms with Gasteiger partial charge in [0.15, 0.2) is 0 Å². The summed E-state index contributed by atoms with van der Waals surface area (Å²) >= 11 is 0. The molecule has 1 aromatic heterocycles. The maximum atomic E-state index is 13.8. The molecule has 2 nitrogen and oxygen atoms in total. The van der Waals surface area contributed by atoms with Crippen LogP contribution in [0.3, 0.4) is 0 Å². The predicted molar refractivity (Wildman–Crippen MR) is 151 cm³/mol. The molecule has 1 heterocycles. The molecule has 183 valence electrons. The van der Waals surface area contributed by atoms with Crippen molar-refractivity contribution in [2.75, 3.05) is 0 Å². The average molecular weight is 674 g/mol. The number of benzene rings is 5. The van der Waals surface area contributed by atoms with Gasteiger partial charge in [0, 0.05) is 36.9 Å². The van der Waals surface area contributed by atoms with Crippen molar-refractivity contribution in [2.45, 2.75) is 0 Å². The number of hydrogen-bond donors (Lipinski definition) is 0. The maximum absolute atomic E-state index is 13.8. The Balaban J connectivity index is 0.000000172. The average Bonchev–Trinajstić information content (AvgIpc) is 2.98. The van der Waals surface area contributed by atoms with Crippen molar-refractivity contribution in [3.05, 3.63) is 158 Å². The Morgan fingerprint density at radius 2 is 1.11 bits per heavy atom. The molecule has 5 aromatic carbocycles. The smallest absolute Gasteiger partial charge is 0.147 e. The van der Waals surface area contributed by atoms with E-state index in [1.807, 2.05) is 128 Å². The standard InChI is InChI=1S/C18H14OP.C15H10N.Ir/c19-20(16-10-4-1-5-11-16,17-12-6-2-7-13-17)18-14-8-3-9-15-18;1-2-6-12(7-3-1)15-10-13-8-4-5-9-14(13)11-16-15;/h1-14H;1-6,8-11H;/q2*-1;. The van der Waals surface area contributed by atoms with E-state index in [1.54, 1.807) is 0 Å². The van der Waals surface area contributed by atoms with E-state index in [4.69, 9.17) is 0 Å². The monoisotopic (exact) mass is 674 g/mol. The molecule has 4 heteroatoms. The third-order valence-corrected chi connectivity index (χ3v) is 8.89. The Morgan fingerprint density at radius 3 is 1.68 bits per heavy atom. The van der Waals surface area contributed by atoms with Gasteiger partial charge in [0.25, 0.3) is 0 Å². The Bertz CT molecular complexity index is 1490. The van der Waals surface area contributed by atoms with Crippen LogP contribution in [0.4, 0.5) is 0 Å². The van der Waals surface area contributed by atoms with Gasteiger partial charge >= 0.3 is 0 Å². The molecule has 0 bridgehead atoms. The molecule has 0 unspecified atom stereocenters. The van der Waals surface area contributed by atoms with Gasteiger partial charge in [-0.3, -0.25) is 0 Å². The first kappa shape index (κ1) is 26.5. The van der Waals surface area contributed by atoms with Crippen LogP contribution in [0.25, 0.3) is 22.0 Å². The number of pyridine rings is 1. The third-order valence-electron chi connectivity index (χ3n) is 5.89. The normalized spacial score (nSPS) is 10.6. The zero-order valence-corrected chi connectivity index (χ0v) is 23.3. The molecule has 0 amide bonds. The summed E-state index contributed by atoms with van der Waals surface area (Å²) in [6, 6.07) is 51.3. The minimum atomic E-state index is -2.83. The minimum Gasteiger partial charge on any atom is -0.311 e. The topological polar surface area (TPSA) is 30.0 Å². The Labute approximate surface area is 231 Å². The van der Waals surface area contributed by atoms with Crippen LogP contribution in [0.15, 0.2) is 146 Å². The molecule has 0 fully saturated rings. The van der Waals surface area contributed by atoms with Crippen LogP contribution in [-0.2, 0) is 24.7 Å². The first-order valence-corrected chi connectivity index (χ1v) is 13.5. The summed E-state index contributed by atoms with van der Waals surface area (Å²) < 4.78 is 13.8. The molecule has 0 N–H and O–H groups in total. The predicted octanol–water partition coefficient (Wildman–Crippen LogP) is 6.83. The molecular formula is C33H24IrNOP-2. The molecule has 0 aliphatic carbocycles. The van der Waals surface area contributed by atoms with Crippen molar-refractivity contribution in [1.82, 2.24) is 4.98 Å². The van der Waals surface area contributed by atoms with Crippen molar-refractivity contribution in [3.8, 4) is 11.3 Å². The van der Waals surface area contributed by atoms with E-state index >= 15 is 0 Å². The van der Waals surface area contributed by atoms with Crippen LogP contribution in [0.2, 0.25) is 0 Å². The summed E-state index contributed by atoms with van der Waals surface area (Å²) in [5, 5.41) is 4.81. The minimum absolute atomic E-state index is 0. The van der Waals surface area contributed by atoms with Gasteiger partial charge in [-0.25, -0.2) is 0 Å². The zero-order valence-electron chi connectivity index (χ0n) is 20.0. The first-order chi connectivity index (χ1) is 17.7. The van der Waals surface area contributed by atoms with E-state index in [-0.39, 0.29) is 20.1 Å². The molecule has 6 aromatic rings. The summed E-state index contributed by atoms with van der Waals surface area (Å²) in [6.45, 7) is 0. The molecule has 0 saturated carbocycles. The van der Waals surface area contributed by atoms with Crippen molar-refractivity contribution in [3.63, 3.8) is 0 Å². The fourth-order valence-corrected chi connectivity index (χ4v) is 6.66. The van der Waals surface area contributed by atoms with E-state index in [0.717, 1.165) is 27.2 Å². The first-order valence-electron chi connectivity index (χ1n) is 11.8. The number of fused-ring (bicyclic) bond motifs is 1. The van der Waals surface area contributed by atoms with Gasteiger partial charge < -0.3 is 9.55 Å². The van der Waals surface area contributed by atoms with Crippen LogP contribution >= 0.6 is 7.14 Å². The summed E-state index contributed by atoms with van der Waals surface area (Å²) in [5.74, 6) is 0. The molecule has 37 heavy (non-hydrogen) atoms.